The van der Waals surface area contributed by atoms with E-state index < -0.39 is 0 Å². The standard InChI is InChI=1S/C9H16N2O2/c1-2-6-13-9(12)11-8-4-3-5-10-7-8/h2,8,10H,1,3-7H2,(H,11,12)/t8-/m1/s1. The van der Waals surface area contributed by atoms with Crippen molar-refractivity contribution in [1.29, 1.82) is 0 Å². The number of carbonyl (C=O) groups is 1. The highest BCUT2D eigenvalue weighted by atomic mass is 16.5. The van der Waals surface area contributed by atoms with E-state index in [0.29, 0.717) is 0 Å². The molecule has 0 saturated carbocycles. The molecule has 1 atom stereocenters. The van der Waals surface area contributed by atoms with E-state index in [1.165, 1.54) is 0 Å². The Morgan fingerprint density at radius 3 is 3.23 bits per heavy atom. The normalized spacial score (nSPS) is 22.0. The van der Waals surface area contributed by atoms with Crippen LogP contribution >= 0.6 is 0 Å². The average molecular weight is 184 g/mol. The number of hydrogen-bond donors (Lipinski definition) is 2. The van der Waals surface area contributed by atoms with E-state index in [9.17, 15) is 4.79 Å². The van der Waals surface area contributed by atoms with Gasteiger partial charge in [0, 0.05) is 12.6 Å². The Hall–Kier alpha value is -1.03. The molecule has 0 aromatic carbocycles. The van der Waals surface area contributed by atoms with Crippen LogP contribution in [0.15, 0.2) is 12.7 Å². The quantitative estimate of drug-likeness (QED) is 0.633. The third-order valence-electron chi connectivity index (χ3n) is 1.95. The fourth-order valence-corrected chi connectivity index (χ4v) is 1.32. The van der Waals surface area contributed by atoms with E-state index in [1.54, 1.807) is 6.08 Å². The highest BCUT2D eigenvalue weighted by Gasteiger charge is 2.15. The van der Waals surface area contributed by atoms with E-state index in [1.807, 2.05) is 0 Å². The Morgan fingerprint density at radius 1 is 1.77 bits per heavy atom. The van der Waals surface area contributed by atoms with Crippen molar-refractivity contribution in [1.82, 2.24) is 10.6 Å². The number of alkyl carbamates (subject to hydrolysis) is 1. The van der Waals surface area contributed by atoms with Crippen LogP contribution in [0.4, 0.5) is 4.79 Å². The summed E-state index contributed by atoms with van der Waals surface area (Å²) < 4.78 is 4.80. The van der Waals surface area contributed by atoms with Crippen LogP contribution in [0.1, 0.15) is 12.8 Å². The van der Waals surface area contributed by atoms with Crippen molar-refractivity contribution in [3.05, 3.63) is 12.7 Å². The van der Waals surface area contributed by atoms with Crippen LogP contribution in [0.5, 0.6) is 0 Å². The number of nitrogens with one attached hydrogen (secondary N) is 2. The van der Waals surface area contributed by atoms with Crippen LogP contribution in [0.25, 0.3) is 0 Å². The molecule has 74 valence electrons. The van der Waals surface area contributed by atoms with Crippen LogP contribution < -0.4 is 10.6 Å². The predicted octanol–water partition coefficient (Wildman–Crippen LogP) is 0.651. The average Bonchev–Trinajstić information content (AvgIpc) is 2.16. The van der Waals surface area contributed by atoms with Gasteiger partial charge in [0.25, 0.3) is 0 Å². The minimum atomic E-state index is -0.353. The second-order valence-corrected chi connectivity index (χ2v) is 3.07. The van der Waals surface area contributed by atoms with Crippen LogP contribution in [0, 0.1) is 0 Å². The van der Waals surface area contributed by atoms with Crippen LogP contribution in [0.2, 0.25) is 0 Å². The van der Waals surface area contributed by atoms with Gasteiger partial charge in [-0.15, -0.1) is 0 Å². The smallest absolute Gasteiger partial charge is 0.407 e. The number of amides is 1. The Balaban J connectivity index is 2.14. The summed E-state index contributed by atoms with van der Waals surface area (Å²) >= 11 is 0. The van der Waals surface area contributed by atoms with Crippen LogP contribution in [-0.2, 0) is 4.74 Å². The minimum Gasteiger partial charge on any atom is -0.445 e. The van der Waals surface area contributed by atoms with Crippen molar-refractivity contribution in [3.8, 4) is 0 Å². The summed E-state index contributed by atoms with van der Waals surface area (Å²) in [4.78, 5) is 11.1. The van der Waals surface area contributed by atoms with Crippen molar-refractivity contribution in [2.24, 2.45) is 0 Å². The number of hydrogen-bond acceptors (Lipinski definition) is 3. The molecule has 0 unspecified atom stereocenters. The molecule has 13 heavy (non-hydrogen) atoms. The van der Waals surface area contributed by atoms with Gasteiger partial charge in [0.1, 0.15) is 6.61 Å². The van der Waals surface area contributed by atoms with Gasteiger partial charge >= 0.3 is 6.09 Å². The number of carbonyl (C=O) groups excluding carboxylic acids is 1. The molecule has 0 spiro atoms. The third kappa shape index (κ3) is 3.94. The molecule has 0 aromatic rings. The Morgan fingerprint density at radius 2 is 2.62 bits per heavy atom. The van der Waals surface area contributed by atoms with Crippen LogP contribution in [0.3, 0.4) is 0 Å². The molecule has 2 N–H and O–H groups in total. The van der Waals surface area contributed by atoms with E-state index in [4.69, 9.17) is 4.74 Å². The Labute approximate surface area is 78.3 Å². The van der Waals surface area contributed by atoms with Crippen molar-refractivity contribution in [2.75, 3.05) is 19.7 Å². The summed E-state index contributed by atoms with van der Waals surface area (Å²) in [7, 11) is 0. The first-order valence-electron chi connectivity index (χ1n) is 4.58. The van der Waals surface area contributed by atoms with Crippen molar-refractivity contribution in [3.63, 3.8) is 0 Å². The first-order chi connectivity index (χ1) is 6.33. The molecule has 1 amide bonds. The Kier molecular flexibility index (Phi) is 4.32. The summed E-state index contributed by atoms with van der Waals surface area (Å²) in [5, 5.41) is 5.99. The lowest BCUT2D eigenvalue weighted by atomic mass is 10.1. The third-order valence-corrected chi connectivity index (χ3v) is 1.95. The Bertz CT molecular complexity index is 176. The fraction of sp³-hybridized carbons (Fsp3) is 0.667. The maximum atomic E-state index is 11.1. The van der Waals surface area contributed by atoms with Gasteiger partial charge in [-0.25, -0.2) is 4.79 Å². The molecule has 4 heteroatoms. The zero-order valence-electron chi connectivity index (χ0n) is 7.71. The first kappa shape index (κ1) is 10.1. The molecular weight excluding hydrogens is 168 g/mol. The summed E-state index contributed by atoms with van der Waals surface area (Å²) in [6, 6.07) is 0.214. The molecule has 4 nitrogen and oxygen atoms in total. The van der Waals surface area contributed by atoms with Crippen molar-refractivity contribution < 1.29 is 9.53 Å². The monoisotopic (exact) mass is 184 g/mol. The van der Waals surface area contributed by atoms with E-state index >= 15 is 0 Å². The van der Waals surface area contributed by atoms with Gasteiger partial charge in [-0.3, -0.25) is 0 Å². The molecular formula is C9H16N2O2. The molecule has 0 bridgehead atoms. The van der Waals surface area contributed by atoms with Crippen molar-refractivity contribution >= 4 is 6.09 Å². The lowest BCUT2D eigenvalue weighted by Crippen LogP contribution is -2.45. The van der Waals surface area contributed by atoms with E-state index in [2.05, 4.69) is 17.2 Å². The van der Waals surface area contributed by atoms with Crippen molar-refractivity contribution in [2.45, 2.75) is 18.9 Å². The van der Waals surface area contributed by atoms with Gasteiger partial charge in [0.2, 0.25) is 0 Å². The van der Waals surface area contributed by atoms with Crippen LogP contribution in [-0.4, -0.2) is 31.8 Å². The summed E-state index contributed by atoms with van der Waals surface area (Å²) in [6.45, 7) is 5.61. The van der Waals surface area contributed by atoms with Gasteiger partial charge in [-0.1, -0.05) is 12.7 Å². The predicted molar refractivity (Wildman–Crippen MR) is 50.6 cm³/mol. The topological polar surface area (TPSA) is 50.4 Å². The van der Waals surface area contributed by atoms with E-state index in [-0.39, 0.29) is 18.7 Å². The zero-order valence-corrected chi connectivity index (χ0v) is 7.71. The zero-order chi connectivity index (χ0) is 9.52. The molecule has 0 aliphatic carbocycles. The van der Waals surface area contributed by atoms with Gasteiger partial charge in [-0.05, 0) is 19.4 Å². The van der Waals surface area contributed by atoms with Gasteiger partial charge in [-0.2, -0.15) is 0 Å². The number of rotatable bonds is 3. The first-order valence-corrected chi connectivity index (χ1v) is 4.58. The molecule has 1 saturated heterocycles. The molecule has 1 heterocycles. The maximum absolute atomic E-state index is 11.1. The van der Waals surface area contributed by atoms with E-state index in [0.717, 1.165) is 25.9 Å². The number of piperidine rings is 1. The highest BCUT2D eigenvalue weighted by Crippen LogP contribution is 2.01. The van der Waals surface area contributed by atoms with Gasteiger partial charge in [0.05, 0.1) is 0 Å². The minimum absolute atomic E-state index is 0.214. The second kappa shape index (κ2) is 5.59. The molecule has 1 aliphatic rings. The summed E-state index contributed by atoms with van der Waals surface area (Å²) in [6.07, 6.45) is 3.33. The summed E-state index contributed by atoms with van der Waals surface area (Å²) in [5.74, 6) is 0. The molecule has 1 fully saturated rings. The molecule has 0 radical (unpaired) electrons. The molecule has 0 aromatic heterocycles. The fourth-order valence-electron chi connectivity index (χ4n) is 1.32. The van der Waals surface area contributed by atoms with Gasteiger partial charge < -0.3 is 15.4 Å². The second-order valence-electron chi connectivity index (χ2n) is 3.07. The molecule has 1 rings (SSSR count). The maximum Gasteiger partial charge on any atom is 0.407 e. The van der Waals surface area contributed by atoms with Gasteiger partial charge in [0.15, 0.2) is 0 Å². The SMILES string of the molecule is C=CCOC(=O)N[C@@H]1CCCNC1. The highest BCUT2D eigenvalue weighted by molar-refractivity contribution is 5.67. The lowest BCUT2D eigenvalue weighted by molar-refractivity contribution is 0.152. The molecule has 1 aliphatic heterocycles. The lowest BCUT2D eigenvalue weighted by Gasteiger charge is -2.23. The largest absolute Gasteiger partial charge is 0.445 e. The number of ether oxygens (including phenoxy) is 1. The summed E-state index contributed by atoms with van der Waals surface area (Å²) in [5.41, 5.74) is 0.